The highest BCUT2D eigenvalue weighted by Gasteiger charge is 2.10. The van der Waals surface area contributed by atoms with Gasteiger partial charge in [0.05, 0.1) is 5.84 Å². The van der Waals surface area contributed by atoms with E-state index in [0.29, 0.717) is 26.1 Å². The summed E-state index contributed by atoms with van der Waals surface area (Å²) in [6.07, 6.45) is 0.409. The summed E-state index contributed by atoms with van der Waals surface area (Å²) in [5.41, 5.74) is 6.35. The molecule has 5 nitrogen and oxygen atoms in total. The molecule has 0 heterocycles. The van der Waals surface area contributed by atoms with Gasteiger partial charge in [-0.25, -0.2) is 4.79 Å². The van der Waals surface area contributed by atoms with Crippen LogP contribution in [0.5, 0.6) is 0 Å². The van der Waals surface area contributed by atoms with Crippen molar-refractivity contribution in [3.05, 3.63) is 35.9 Å². The van der Waals surface area contributed by atoms with Crippen LogP contribution in [0.25, 0.3) is 0 Å². The van der Waals surface area contributed by atoms with E-state index in [1.807, 2.05) is 37.3 Å². The molecule has 4 N–H and O–H groups in total. The third-order valence-electron chi connectivity index (χ3n) is 2.61. The molecule has 0 bridgehead atoms. The summed E-state index contributed by atoms with van der Waals surface area (Å²) < 4.78 is 0. The number of nitrogens with one attached hydrogen (secondary N) is 2. The molecule has 2 amide bonds. The third-order valence-corrected chi connectivity index (χ3v) is 2.61. The summed E-state index contributed by atoms with van der Waals surface area (Å²) in [4.78, 5) is 13.5. The van der Waals surface area contributed by atoms with Crippen LogP contribution in [-0.4, -0.2) is 29.9 Å². The van der Waals surface area contributed by atoms with E-state index in [-0.39, 0.29) is 11.9 Å². The average Bonchev–Trinajstić information content (AvgIpc) is 2.38. The Hall–Kier alpha value is -2.04. The number of nitrogens with zero attached hydrogens (tertiary/aromatic N) is 1. The molecule has 0 aliphatic carbocycles. The fourth-order valence-corrected chi connectivity index (χ4v) is 1.54. The molecule has 0 fully saturated rings. The number of rotatable bonds is 6. The minimum Gasteiger partial charge on any atom is -0.388 e. The molecule has 0 radical (unpaired) electrons. The van der Waals surface area contributed by atoms with E-state index in [4.69, 9.17) is 11.1 Å². The summed E-state index contributed by atoms with van der Waals surface area (Å²) in [7, 11) is 0. The van der Waals surface area contributed by atoms with Gasteiger partial charge in [0.2, 0.25) is 0 Å². The Morgan fingerprint density at radius 3 is 2.61 bits per heavy atom. The zero-order valence-electron chi connectivity index (χ0n) is 10.6. The minimum absolute atomic E-state index is 0.101. The first kappa shape index (κ1) is 14.0. The van der Waals surface area contributed by atoms with Crippen molar-refractivity contribution in [2.45, 2.75) is 19.9 Å². The molecule has 0 saturated heterocycles. The second-order valence-electron chi connectivity index (χ2n) is 4.00. The van der Waals surface area contributed by atoms with Crippen LogP contribution < -0.4 is 11.1 Å². The summed E-state index contributed by atoms with van der Waals surface area (Å²) in [5, 5.41) is 10.0. The minimum atomic E-state index is -0.123. The number of amidine groups is 1. The summed E-state index contributed by atoms with van der Waals surface area (Å²) in [5.74, 6) is 0.101. The number of carbonyl (C=O) groups excluding carboxylic acids is 1. The van der Waals surface area contributed by atoms with Crippen LogP contribution in [0, 0.1) is 5.41 Å². The van der Waals surface area contributed by atoms with E-state index in [2.05, 4.69) is 5.32 Å². The highest BCUT2D eigenvalue weighted by molar-refractivity contribution is 5.78. The Balaban J connectivity index is 2.40. The largest absolute Gasteiger partial charge is 0.388 e. The van der Waals surface area contributed by atoms with Gasteiger partial charge in [0.15, 0.2) is 0 Å². The lowest BCUT2D eigenvalue weighted by Crippen LogP contribution is -2.41. The van der Waals surface area contributed by atoms with Gasteiger partial charge in [-0.1, -0.05) is 30.3 Å². The highest BCUT2D eigenvalue weighted by atomic mass is 16.2. The van der Waals surface area contributed by atoms with E-state index in [1.165, 1.54) is 0 Å². The Morgan fingerprint density at radius 1 is 1.39 bits per heavy atom. The molecular weight excluding hydrogens is 228 g/mol. The number of urea groups is 1. The van der Waals surface area contributed by atoms with E-state index < -0.39 is 0 Å². The zero-order chi connectivity index (χ0) is 13.4. The smallest absolute Gasteiger partial charge is 0.317 e. The first-order valence-corrected chi connectivity index (χ1v) is 6.03. The Labute approximate surface area is 107 Å². The van der Waals surface area contributed by atoms with Crippen LogP contribution in [0.15, 0.2) is 30.3 Å². The molecule has 18 heavy (non-hydrogen) atoms. The molecule has 1 aromatic carbocycles. The van der Waals surface area contributed by atoms with Crippen molar-refractivity contribution < 1.29 is 4.79 Å². The van der Waals surface area contributed by atoms with Gasteiger partial charge in [0.1, 0.15) is 0 Å². The molecule has 0 saturated carbocycles. The molecule has 98 valence electrons. The molecule has 0 aliphatic rings. The number of hydrogen-bond donors (Lipinski definition) is 3. The van der Waals surface area contributed by atoms with Crippen LogP contribution >= 0.6 is 0 Å². The third kappa shape index (κ3) is 4.86. The molecule has 1 rings (SSSR count). The predicted octanol–water partition coefficient (Wildman–Crippen LogP) is 1.54. The van der Waals surface area contributed by atoms with Crippen LogP contribution in [0.2, 0.25) is 0 Å². The Morgan fingerprint density at radius 2 is 2.06 bits per heavy atom. The summed E-state index contributed by atoms with van der Waals surface area (Å²) in [6, 6.07) is 9.63. The molecule has 5 heteroatoms. The summed E-state index contributed by atoms with van der Waals surface area (Å²) in [6.45, 7) is 3.50. The van der Waals surface area contributed by atoms with Crippen LogP contribution in [-0.2, 0) is 6.54 Å². The topological polar surface area (TPSA) is 82.2 Å². The van der Waals surface area contributed by atoms with Gasteiger partial charge < -0.3 is 16.0 Å². The Kier molecular flexibility index (Phi) is 5.70. The lowest BCUT2D eigenvalue weighted by Gasteiger charge is -2.21. The highest BCUT2D eigenvalue weighted by Crippen LogP contribution is 1.99. The number of carbonyl (C=O) groups is 1. The normalized spacial score (nSPS) is 9.83. The first-order valence-electron chi connectivity index (χ1n) is 6.03. The zero-order valence-corrected chi connectivity index (χ0v) is 10.6. The molecule has 0 aliphatic heterocycles. The number of nitrogens with two attached hydrogens (primary N) is 1. The lowest BCUT2D eigenvalue weighted by atomic mass is 10.2. The van der Waals surface area contributed by atoms with Gasteiger partial charge >= 0.3 is 6.03 Å². The van der Waals surface area contributed by atoms with Gasteiger partial charge in [-0.05, 0) is 12.5 Å². The van der Waals surface area contributed by atoms with Crippen molar-refractivity contribution in [1.82, 2.24) is 10.2 Å². The predicted molar refractivity (Wildman–Crippen MR) is 72.5 cm³/mol. The molecule has 0 spiro atoms. The maximum Gasteiger partial charge on any atom is 0.317 e. The SMILES string of the molecule is CCN(CCC(=N)N)C(=O)NCc1ccccc1. The molecular formula is C13H20N4O. The van der Waals surface area contributed by atoms with E-state index in [9.17, 15) is 4.79 Å². The fraction of sp³-hybridized carbons (Fsp3) is 0.385. The monoisotopic (exact) mass is 248 g/mol. The van der Waals surface area contributed by atoms with Crippen molar-refractivity contribution in [2.75, 3.05) is 13.1 Å². The second kappa shape index (κ2) is 7.32. The van der Waals surface area contributed by atoms with Gasteiger partial charge in [-0.3, -0.25) is 5.41 Å². The molecule has 0 aromatic heterocycles. The van der Waals surface area contributed by atoms with E-state index >= 15 is 0 Å². The maximum atomic E-state index is 11.9. The quantitative estimate of drug-likeness (QED) is 0.527. The number of hydrogen-bond acceptors (Lipinski definition) is 2. The molecule has 0 unspecified atom stereocenters. The van der Waals surface area contributed by atoms with Gasteiger partial charge in [-0.2, -0.15) is 0 Å². The van der Waals surface area contributed by atoms with Crippen molar-refractivity contribution in [3.8, 4) is 0 Å². The van der Waals surface area contributed by atoms with Crippen LogP contribution in [0.1, 0.15) is 18.9 Å². The number of benzene rings is 1. The average molecular weight is 248 g/mol. The van der Waals surface area contributed by atoms with Crippen molar-refractivity contribution >= 4 is 11.9 Å². The van der Waals surface area contributed by atoms with Crippen molar-refractivity contribution in [1.29, 1.82) is 5.41 Å². The maximum absolute atomic E-state index is 11.9. The van der Waals surface area contributed by atoms with Crippen LogP contribution in [0.3, 0.4) is 0 Å². The van der Waals surface area contributed by atoms with Gasteiger partial charge in [-0.15, -0.1) is 0 Å². The van der Waals surface area contributed by atoms with E-state index in [0.717, 1.165) is 5.56 Å². The second-order valence-corrected chi connectivity index (χ2v) is 4.00. The standard InChI is InChI=1S/C13H20N4O/c1-2-17(9-8-12(14)15)13(18)16-10-11-6-4-3-5-7-11/h3-7H,2,8-10H2,1H3,(H3,14,15)(H,16,18). The first-order chi connectivity index (χ1) is 8.63. The summed E-state index contributed by atoms with van der Waals surface area (Å²) >= 11 is 0. The Bertz CT molecular complexity index is 391. The fourth-order valence-electron chi connectivity index (χ4n) is 1.54. The molecule has 1 aromatic rings. The number of amides is 2. The van der Waals surface area contributed by atoms with Crippen molar-refractivity contribution in [2.24, 2.45) is 5.73 Å². The molecule has 0 atom stereocenters. The lowest BCUT2D eigenvalue weighted by molar-refractivity contribution is 0.201. The van der Waals surface area contributed by atoms with Crippen LogP contribution in [0.4, 0.5) is 4.79 Å². The van der Waals surface area contributed by atoms with Gasteiger partial charge in [0.25, 0.3) is 0 Å². The van der Waals surface area contributed by atoms with Crippen molar-refractivity contribution in [3.63, 3.8) is 0 Å². The van der Waals surface area contributed by atoms with E-state index in [1.54, 1.807) is 4.90 Å². The van der Waals surface area contributed by atoms with Gasteiger partial charge in [0, 0.05) is 26.1 Å².